The standard InChI is InChI=1S/C3H2N4O4/c8-6(9)3-4-1-2-5(3)7(10)11/h1-2H. The highest BCUT2D eigenvalue weighted by Crippen LogP contribution is 2.05. The molecule has 0 saturated carbocycles. The van der Waals surface area contributed by atoms with Gasteiger partial charge in [0.05, 0.1) is 4.68 Å². The van der Waals surface area contributed by atoms with Crippen molar-refractivity contribution in [1.82, 2.24) is 9.66 Å². The first kappa shape index (κ1) is 7.12. The van der Waals surface area contributed by atoms with Crippen molar-refractivity contribution in [3.05, 3.63) is 32.6 Å². The summed E-state index contributed by atoms with van der Waals surface area (Å²) < 4.78 is 0.236. The maximum atomic E-state index is 10.0. The second kappa shape index (κ2) is 2.33. The van der Waals surface area contributed by atoms with E-state index < -0.39 is 15.9 Å². The van der Waals surface area contributed by atoms with Crippen LogP contribution in [0.25, 0.3) is 0 Å². The van der Waals surface area contributed by atoms with Gasteiger partial charge in [0.15, 0.2) is 6.20 Å². The van der Waals surface area contributed by atoms with E-state index in [-0.39, 0.29) is 4.68 Å². The number of nitrogens with zero attached hydrogens (tertiary/aromatic N) is 4. The van der Waals surface area contributed by atoms with E-state index in [1.165, 1.54) is 0 Å². The number of aromatic nitrogens is 2. The molecule has 1 rings (SSSR count). The van der Waals surface area contributed by atoms with Gasteiger partial charge in [0, 0.05) is 0 Å². The second-order valence-corrected chi connectivity index (χ2v) is 1.57. The molecule has 0 aliphatic carbocycles. The molecule has 58 valence electrons. The van der Waals surface area contributed by atoms with E-state index in [4.69, 9.17) is 0 Å². The lowest BCUT2D eigenvalue weighted by Crippen LogP contribution is -2.10. The van der Waals surface area contributed by atoms with E-state index in [0.717, 1.165) is 12.4 Å². The van der Waals surface area contributed by atoms with Gasteiger partial charge in [0.1, 0.15) is 6.20 Å². The van der Waals surface area contributed by atoms with Gasteiger partial charge in [0.2, 0.25) is 5.03 Å². The number of rotatable bonds is 2. The first-order valence-electron chi connectivity index (χ1n) is 2.45. The summed E-state index contributed by atoms with van der Waals surface area (Å²) in [4.78, 5) is 22.2. The summed E-state index contributed by atoms with van der Waals surface area (Å²) in [5, 5.41) is 19.1. The van der Waals surface area contributed by atoms with Gasteiger partial charge in [-0.1, -0.05) is 4.98 Å². The fourth-order valence-electron chi connectivity index (χ4n) is 0.547. The van der Waals surface area contributed by atoms with Crippen LogP contribution < -0.4 is 0 Å². The van der Waals surface area contributed by atoms with Crippen LogP contribution in [-0.4, -0.2) is 19.6 Å². The summed E-state index contributed by atoms with van der Waals surface area (Å²) in [5.41, 5.74) is 0. The maximum Gasteiger partial charge on any atom is 0.497 e. The molecule has 8 nitrogen and oxygen atoms in total. The van der Waals surface area contributed by atoms with Crippen molar-refractivity contribution in [3.63, 3.8) is 0 Å². The first-order chi connectivity index (χ1) is 5.13. The van der Waals surface area contributed by atoms with Crippen LogP contribution in [0.2, 0.25) is 0 Å². The smallest absolute Gasteiger partial charge is 0.390 e. The molecule has 8 heteroatoms. The molecule has 0 aliphatic heterocycles. The molecule has 1 aromatic heterocycles. The quantitative estimate of drug-likeness (QED) is 0.439. The summed E-state index contributed by atoms with van der Waals surface area (Å²) >= 11 is 0. The molecular weight excluding hydrogens is 156 g/mol. The van der Waals surface area contributed by atoms with E-state index >= 15 is 0 Å². The lowest BCUT2D eigenvalue weighted by atomic mass is 11.0. The van der Waals surface area contributed by atoms with Crippen molar-refractivity contribution < 1.29 is 9.96 Å². The zero-order valence-electron chi connectivity index (χ0n) is 5.08. The van der Waals surface area contributed by atoms with Crippen molar-refractivity contribution >= 4 is 5.95 Å². The van der Waals surface area contributed by atoms with Crippen LogP contribution in [0.15, 0.2) is 12.4 Å². The van der Waals surface area contributed by atoms with Gasteiger partial charge in [0.25, 0.3) is 0 Å². The normalized spacial score (nSPS) is 9.45. The summed E-state index contributed by atoms with van der Waals surface area (Å²) in [6.45, 7) is 0. The molecule has 0 aliphatic rings. The molecule has 0 N–H and O–H groups in total. The average molecular weight is 158 g/mol. The second-order valence-electron chi connectivity index (χ2n) is 1.57. The van der Waals surface area contributed by atoms with Gasteiger partial charge < -0.3 is 10.1 Å². The monoisotopic (exact) mass is 158 g/mol. The minimum atomic E-state index is -0.928. The minimum Gasteiger partial charge on any atom is -0.390 e. The van der Waals surface area contributed by atoms with Crippen LogP contribution >= 0.6 is 0 Å². The third-order valence-electron chi connectivity index (χ3n) is 0.942. The zero-order chi connectivity index (χ0) is 8.43. The van der Waals surface area contributed by atoms with Gasteiger partial charge in [-0.15, -0.1) is 0 Å². The van der Waals surface area contributed by atoms with Crippen LogP contribution in [0.4, 0.5) is 5.95 Å². The van der Waals surface area contributed by atoms with Crippen LogP contribution in [0, 0.1) is 20.2 Å². The molecule has 0 saturated heterocycles. The third-order valence-corrected chi connectivity index (χ3v) is 0.942. The molecule has 0 spiro atoms. The Kier molecular flexibility index (Phi) is 1.51. The topological polar surface area (TPSA) is 104 Å². The van der Waals surface area contributed by atoms with Gasteiger partial charge in [-0.3, -0.25) is 0 Å². The Bertz CT molecular complexity index is 276. The predicted molar refractivity (Wildman–Crippen MR) is 31.3 cm³/mol. The molecule has 1 heterocycles. The Hall–Kier alpha value is -1.99. The molecule has 1 aromatic rings. The van der Waals surface area contributed by atoms with Crippen LogP contribution in [0.3, 0.4) is 0 Å². The van der Waals surface area contributed by atoms with Crippen molar-refractivity contribution in [2.45, 2.75) is 0 Å². The molecule has 0 unspecified atom stereocenters. The van der Waals surface area contributed by atoms with E-state index in [1.807, 2.05) is 0 Å². The molecule has 0 bridgehead atoms. The molecular formula is C3H2N4O4. The van der Waals surface area contributed by atoms with E-state index in [2.05, 4.69) is 4.98 Å². The van der Waals surface area contributed by atoms with E-state index in [1.54, 1.807) is 0 Å². The summed E-state index contributed by atoms with van der Waals surface area (Å²) in [7, 11) is 0. The Balaban J connectivity index is 3.16. The van der Waals surface area contributed by atoms with Gasteiger partial charge in [-0.05, 0) is 4.92 Å². The molecule has 0 radical (unpaired) electrons. The average Bonchev–Trinajstić information content (AvgIpc) is 2.32. The predicted octanol–water partition coefficient (Wildman–Crippen LogP) is -0.169. The maximum absolute atomic E-state index is 10.0. The number of nitro groups is 2. The van der Waals surface area contributed by atoms with Crippen LogP contribution in [0.1, 0.15) is 0 Å². The lowest BCUT2D eigenvalue weighted by molar-refractivity contribution is -0.560. The molecule has 0 atom stereocenters. The third kappa shape index (κ3) is 1.13. The summed E-state index contributed by atoms with van der Waals surface area (Å²) in [6.07, 6.45) is 1.89. The Morgan fingerprint density at radius 1 is 1.45 bits per heavy atom. The van der Waals surface area contributed by atoms with Crippen LogP contribution in [0.5, 0.6) is 0 Å². The Morgan fingerprint density at radius 3 is 2.45 bits per heavy atom. The minimum absolute atomic E-state index is 0.236. The largest absolute Gasteiger partial charge is 0.497 e. The fourth-order valence-corrected chi connectivity index (χ4v) is 0.547. The van der Waals surface area contributed by atoms with Crippen molar-refractivity contribution in [1.29, 1.82) is 0 Å². The summed E-state index contributed by atoms with van der Waals surface area (Å²) in [6, 6.07) is 0. The molecule has 0 aromatic carbocycles. The van der Waals surface area contributed by atoms with Crippen molar-refractivity contribution in [2.24, 2.45) is 0 Å². The van der Waals surface area contributed by atoms with Crippen molar-refractivity contribution in [3.8, 4) is 0 Å². The zero-order valence-corrected chi connectivity index (χ0v) is 5.08. The van der Waals surface area contributed by atoms with Gasteiger partial charge in [-0.2, -0.15) is 0 Å². The summed E-state index contributed by atoms with van der Waals surface area (Å²) in [5.74, 6) is -0.796. The highest BCUT2D eigenvalue weighted by atomic mass is 16.7. The van der Waals surface area contributed by atoms with Gasteiger partial charge in [-0.25, -0.2) is 10.1 Å². The number of hydrogen-bond donors (Lipinski definition) is 0. The Morgan fingerprint density at radius 2 is 2.09 bits per heavy atom. The molecule has 0 amide bonds. The highest BCUT2D eigenvalue weighted by Gasteiger charge is 2.22. The molecule has 0 fully saturated rings. The fraction of sp³-hybridized carbons (Fsp3) is 0. The van der Waals surface area contributed by atoms with Crippen molar-refractivity contribution in [2.75, 3.05) is 0 Å². The van der Waals surface area contributed by atoms with Gasteiger partial charge >= 0.3 is 5.95 Å². The van der Waals surface area contributed by atoms with E-state index in [9.17, 15) is 20.2 Å². The number of hydrogen-bond acceptors (Lipinski definition) is 5. The lowest BCUT2D eigenvalue weighted by Gasteiger charge is -1.88. The highest BCUT2D eigenvalue weighted by molar-refractivity contribution is 5.03. The van der Waals surface area contributed by atoms with E-state index in [0.29, 0.717) is 0 Å². The molecule has 11 heavy (non-hydrogen) atoms. The van der Waals surface area contributed by atoms with Crippen LogP contribution in [-0.2, 0) is 0 Å². The SMILES string of the molecule is O=[N+]([O-])c1nccn1[N+](=O)[O-]. The first-order valence-corrected chi connectivity index (χ1v) is 2.45. The Labute approximate surface area is 59.3 Å². The number of imidazole rings is 1.